The molecule has 1 rings (SSSR count). The SMILES string of the molecule is C=C/C=C(\C(=C)F)c1nc(N(C)C)c(C#N)c(=O)[nH]1. The highest BCUT2D eigenvalue weighted by Crippen LogP contribution is 2.21. The lowest BCUT2D eigenvalue weighted by Crippen LogP contribution is -2.22. The molecule has 98 valence electrons. The molecule has 19 heavy (non-hydrogen) atoms. The molecule has 0 spiro atoms. The molecule has 0 radical (unpaired) electrons. The summed E-state index contributed by atoms with van der Waals surface area (Å²) in [6, 6.07) is 1.77. The van der Waals surface area contributed by atoms with Crippen LogP contribution in [0.4, 0.5) is 10.2 Å². The normalized spacial score (nSPS) is 10.7. The number of nitrogens with one attached hydrogen (secondary N) is 1. The third-order valence-electron chi connectivity index (χ3n) is 2.27. The average Bonchev–Trinajstić information content (AvgIpc) is 2.34. The molecule has 0 aromatic carbocycles. The van der Waals surface area contributed by atoms with Gasteiger partial charge >= 0.3 is 0 Å². The van der Waals surface area contributed by atoms with Crippen LogP contribution in [0.25, 0.3) is 5.57 Å². The van der Waals surface area contributed by atoms with Gasteiger partial charge in [-0.25, -0.2) is 9.37 Å². The molecule has 5 nitrogen and oxygen atoms in total. The summed E-state index contributed by atoms with van der Waals surface area (Å²) in [7, 11) is 3.26. The Balaban J connectivity index is 3.61. The standard InChI is InChI=1S/C13H13FN4O/c1-5-6-9(8(2)14)11-16-12(18(3)4)10(7-15)13(19)17-11/h5-6H,1-2H2,3-4H3,(H,16,17,19)/b9-6+. The van der Waals surface area contributed by atoms with Crippen molar-refractivity contribution in [3.63, 3.8) is 0 Å². The van der Waals surface area contributed by atoms with Crippen LogP contribution in [0.5, 0.6) is 0 Å². The molecule has 0 unspecified atom stereocenters. The number of aromatic nitrogens is 2. The van der Waals surface area contributed by atoms with Gasteiger partial charge in [0.2, 0.25) is 0 Å². The second-order valence-corrected chi connectivity index (χ2v) is 3.84. The van der Waals surface area contributed by atoms with Crippen molar-refractivity contribution in [1.29, 1.82) is 5.26 Å². The van der Waals surface area contributed by atoms with Crippen molar-refractivity contribution in [1.82, 2.24) is 9.97 Å². The highest BCUT2D eigenvalue weighted by Gasteiger charge is 2.16. The molecule has 0 aliphatic heterocycles. The van der Waals surface area contributed by atoms with Gasteiger partial charge in [0.1, 0.15) is 17.7 Å². The smallest absolute Gasteiger partial charge is 0.271 e. The molecular formula is C13H13FN4O. The topological polar surface area (TPSA) is 72.8 Å². The van der Waals surface area contributed by atoms with Crippen LogP contribution in [-0.4, -0.2) is 24.1 Å². The first-order valence-electron chi connectivity index (χ1n) is 5.32. The number of rotatable bonds is 4. The van der Waals surface area contributed by atoms with Crippen LogP contribution in [0.3, 0.4) is 0 Å². The molecule has 1 heterocycles. The van der Waals surface area contributed by atoms with Crippen molar-refractivity contribution in [2.75, 3.05) is 19.0 Å². The summed E-state index contributed by atoms with van der Waals surface area (Å²) in [4.78, 5) is 19.7. The van der Waals surface area contributed by atoms with Crippen molar-refractivity contribution in [3.8, 4) is 6.07 Å². The van der Waals surface area contributed by atoms with Crippen molar-refractivity contribution >= 4 is 11.4 Å². The first-order chi connectivity index (χ1) is 8.92. The van der Waals surface area contributed by atoms with Gasteiger partial charge < -0.3 is 9.88 Å². The first-order valence-corrected chi connectivity index (χ1v) is 5.32. The van der Waals surface area contributed by atoms with Crippen LogP contribution in [0, 0.1) is 11.3 Å². The van der Waals surface area contributed by atoms with Gasteiger partial charge in [0.25, 0.3) is 5.56 Å². The van der Waals surface area contributed by atoms with Gasteiger partial charge in [-0.15, -0.1) is 0 Å². The Kier molecular flexibility index (Phi) is 4.37. The highest BCUT2D eigenvalue weighted by atomic mass is 19.1. The second-order valence-electron chi connectivity index (χ2n) is 3.84. The van der Waals surface area contributed by atoms with E-state index in [9.17, 15) is 9.18 Å². The number of nitriles is 1. The predicted molar refractivity (Wildman–Crippen MR) is 72.3 cm³/mol. The summed E-state index contributed by atoms with van der Waals surface area (Å²) >= 11 is 0. The van der Waals surface area contributed by atoms with Gasteiger partial charge in [-0.05, 0) is 6.08 Å². The van der Waals surface area contributed by atoms with E-state index in [2.05, 4.69) is 23.1 Å². The molecule has 0 atom stereocenters. The Hall–Kier alpha value is -2.68. The molecule has 1 aromatic heterocycles. The van der Waals surface area contributed by atoms with Crippen molar-refractivity contribution in [2.45, 2.75) is 0 Å². The first kappa shape index (κ1) is 14.4. The Morgan fingerprint density at radius 2 is 2.21 bits per heavy atom. The third kappa shape index (κ3) is 2.96. The molecule has 0 saturated heterocycles. The zero-order valence-electron chi connectivity index (χ0n) is 10.7. The lowest BCUT2D eigenvalue weighted by molar-refractivity contribution is 0.675. The van der Waals surface area contributed by atoms with E-state index in [4.69, 9.17) is 5.26 Å². The van der Waals surface area contributed by atoms with E-state index >= 15 is 0 Å². The van der Waals surface area contributed by atoms with Crippen LogP contribution in [0.2, 0.25) is 0 Å². The van der Waals surface area contributed by atoms with E-state index in [1.165, 1.54) is 17.1 Å². The predicted octanol–water partition coefficient (Wildman–Crippen LogP) is 1.76. The zero-order valence-corrected chi connectivity index (χ0v) is 10.7. The van der Waals surface area contributed by atoms with Crippen molar-refractivity contribution < 1.29 is 4.39 Å². The number of aromatic amines is 1. The lowest BCUT2D eigenvalue weighted by Gasteiger charge is -2.14. The number of halogens is 1. The van der Waals surface area contributed by atoms with Crippen molar-refractivity contribution in [2.24, 2.45) is 0 Å². The molecule has 0 amide bonds. The van der Waals surface area contributed by atoms with Crippen LogP contribution < -0.4 is 10.5 Å². The van der Waals surface area contributed by atoms with E-state index < -0.39 is 11.4 Å². The molecule has 0 bridgehead atoms. The number of hydrogen-bond donors (Lipinski definition) is 1. The van der Waals surface area contributed by atoms with Gasteiger partial charge in [-0.1, -0.05) is 19.2 Å². The summed E-state index contributed by atoms with van der Waals surface area (Å²) in [6.45, 7) is 6.63. The van der Waals surface area contributed by atoms with Crippen LogP contribution in [0.1, 0.15) is 11.4 Å². The maximum Gasteiger partial charge on any atom is 0.271 e. The molecule has 0 saturated carbocycles. The summed E-state index contributed by atoms with van der Waals surface area (Å²) in [5, 5.41) is 8.93. The Morgan fingerprint density at radius 1 is 1.58 bits per heavy atom. The van der Waals surface area contributed by atoms with E-state index in [1.807, 2.05) is 0 Å². The largest absolute Gasteiger partial charge is 0.361 e. The van der Waals surface area contributed by atoms with Crippen LogP contribution in [0.15, 0.2) is 35.9 Å². The van der Waals surface area contributed by atoms with Gasteiger partial charge in [-0.3, -0.25) is 4.79 Å². The van der Waals surface area contributed by atoms with Gasteiger partial charge in [0.05, 0.1) is 5.57 Å². The number of allylic oxidation sites excluding steroid dienone is 4. The minimum absolute atomic E-state index is 0.0000926. The van der Waals surface area contributed by atoms with Crippen LogP contribution in [-0.2, 0) is 0 Å². The number of anilines is 1. The monoisotopic (exact) mass is 260 g/mol. The summed E-state index contributed by atoms with van der Waals surface area (Å²) in [5.41, 5.74) is -0.747. The average molecular weight is 260 g/mol. The Labute approximate surface area is 110 Å². The number of nitrogens with zero attached hydrogens (tertiary/aromatic N) is 3. The fourth-order valence-corrected chi connectivity index (χ4v) is 1.43. The van der Waals surface area contributed by atoms with Crippen LogP contribution >= 0.6 is 0 Å². The summed E-state index contributed by atoms with van der Waals surface area (Å²) in [5.74, 6) is -0.588. The van der Waals surface area contributed by atoms with Crippen molar-refractivity contribution in [3.05, 3.63) is 52.9 Å². The third-order valence-corrected chi connectivity index (χ3v) is 2.27. The molecule has 0 aliphatic rings. The maximum atomic E-state index is 13.3. The Morgan fingerprint density at radius 3 is 2.63 bits per heavy atom. The van der Waals surface area contributed by atoms with E-state index in [-0.39, 0.29) is 22.8 Å². The number of H-pyrrole nitrogens is 1. The highest BCUT2D eigenvalue weighted by molar-refractivity contribution is 5.74. The fraction of sp³-hybridized carbons (Fsp3) is 0.154. The summed E-state index contributed by atoms with van der Waals surface area (Å²) < 4.78 is 13.3. The molecule has 6 heteroatoms. The minimum atomic E-state index is -0.752. The van der Waals surface area contributed by atoms with Gasteiger partial charge in [0.15, 0.2) is 11.4 Å². The minimum Gasteiger partial charge on any atom is -0.361 e. The molecule has 1 N–H and O–H groups in total. The second kappa shape index (κ2) is 5.78. The van der Waals surface area contributed by atoms with Gasteiger partial charge in [0, 0.05) is 14.1 Å². The van der Waals surface area contributed by atoms with E-state index in [0.29, 0.717) is 0 Å². The summed E-state index contributed by atoms with van der Waals surface area (Å²) in [6.07, 6.45) is 2.69. The van der Waals surface area contributed by atoms with Gasteiger partial charge in [-0.2, -0.15) is 5.26 Å². The Bertz CT molecular complexity index is 650. The molecule has 0 fully saturated rings. The lowest BCUT2D eigenvalue weighted by atomic mass is 10.2. The molecule has 0 aliphatic carbocycles. The van der Waals surface area contributed by atoms with E-state index in [1.54, 1.807) is 20.2 Å². The molecule has 1 aromatic rings. The quantitative estimate of drug-likeness (QED) is 0.837. The zero-order chi connectivity index (χ0) is 14.6. The maximum absolute atomic E-state index is 13.3. The fourth-order valence-electron chi connectivity index (χ4n) is 1.43. The molecular weight excluding hydrogens is 247 g/mol. The number of hydrogen-bond acceptors (Lipinski definition) is 4. The van der Waals surface area contributed by atoms with E-state index in [0.717, 1.165) is 0 Å².